The fraction of sp³-hybridized carbons (Fsp3) is 0.0625. The Morgan fingerprint density at radius 3 is 2.91 bits per heavy atom. The van der Waals surface area contributed by atoms with Crippen molar-refractivity contribution in [1.29, 1.82) is 0 Å². The van der Waals surface area contributed by atoms with E-state index in [1.807, 2.05) is 24.3 Å². The molecule has 1 aliphatic rings. The van der Waals surface area contributed by atoms with Crippen molar-refractivity contribution in [2.24, 2.45) is 0 Å². The minimum absolute atomic E-state index is 0.206. The van der Waals surface area contributed by atoms with Crippen LogP contribution in [0, 0.1) is 0 Å². The molecular weight excluding hydrogens is 298 g/mol. The Hall–Kier alpha value is -2.73. The molecule has 2 aromatic rings. The Morgan fingerprint density at radius 1 is 1.32 bits per heavy atom. The van der Waals surface area contributed by atoms with Gasteiger partial charge in [-0.15, -0.1) is 0 Å². The molecule has 6 heteroatoms. The minimum Gasteiger partial charge on any atom is -0.497 e. The van der Waals surface area contributed by atoms with E-state index < -0.39 is 0 Å². The highest BCUT2D eigenvalue weighted by molar-refractivity contribution is 7.80. The molecule has 1 fully saturated rings. The predicted octanol–water partition coefficient (Wildman–Crippen LogP) is 2.35. The van der Waals surface area contributed by atoms with Gasteiger partial charge in [0.05, 0.1) is 12.8 Å². The summed E-state index contributed by atoms with van der Waals surface area (Å²) in [7, 11) is 1.58. The summed E-state index contributed by atoms with van der Waals surface area (Å²) in [6.45, 7) is 0. The van der Waals surface area contributed by atoms with Crippen LogP contribution in [0.15, 0.2) is 54.5 Å². The molecular formula is C16H13N3O2S. The van der Waals surface area contributed by atoms with Crippen LogP contribution in [0.4, 0.5) is 5.69 Å². The number of hydrogen-bond donors (Lipinski definition) is 1. The highest BCUT2D eigenvalue weighted by atomic mass is 32.1. The van der Waals surface area contributed by atoms with Crippen LogP contribution in [0.2, 0.25) is 0 Å². The first kappa shape index (κ1) is 14.2. The zero-order valence-corrected chi connectivity index (χ0v) is 12.6. The molecule has 1 aromatic heterocycles. The van der Waals surface area contributed by atoms with E-state index in [2.05, 4.69) is 10.3 Å². The van der Waals surface area contributed by atoms with Gasteiger partial charge in [-0.2, -0.15) is 0 Å². The average molecular weight is 311 g/mol. The van der Waals surface area contributed by atoms with Gasteiger partial charge in [-0.25, -0.2) is 0 Å². The third-order valence-electron chi connectivity index (χ3n) is 3.19. The monoisotopic (exact) mass is 311 g/mol. The minimum atomic E-state index is -0.206. The molecule has 1 aliphatic heterocycles. The largest absolute Gasteiger partial charge is 0.497 e. The first-order chi connectivity index (χ1) is 10.7. The van der Waals surface area contributed by atoms with Crippen molar-refractivity contribution >= 4 is 35.0 Å². The first-order valence-electron chi connectivity index (χ1n) is 6.60. The van der Waals surface area contributed by atoms with Gasteiger partial charge in [0.25, 0.3) is 5.91 Å². The normalized spacial score (nSPS) is 16.0. The molecule has 1 saturated heterocycles. The summed E-state index contributed by atoms with van der Waals surface area (Å²) in [5.41, 5.74) is 1.91. The van der Waals surface area contributed by atoms with Crippen LogP contribution < -0.4 is 15.0 Å². The van der Waals surface area contributed by atoms with Gasteiger partial charge >= 0.3 is 0 Å². The second-order valence-corrected chi connectivity index (χ2v) is 5.00. The Bertz CT molecular complexity index is 759. The van der Waals surface area contributed by atoms with Crippen molar-refractivity contribution < 1.29 is 9.53 Å². The summed E-state index contributed by atoms with van der Waals surface area (Å²) >= 11 is 5.27. The lowest BCUT2D eigenvalue weighted by atomic mass is 10.2. The molecule has 3 rings (SSSR count). The molecule has 0 saturated carbocycles. The van der Waals surface area contributed by atoms with Gasteiger partial charge in [-0.3, -0.25) is 14.7 Å². The number of benzene rings is 1. The number of ether oxygens (including phenoxy) is 1. The number of nitrogens with zero attached hydrogens (tertiary/aromatic N) is 2. The van der Waals surface area contributed by atoms with Gasteiger partial charge < -0.3 is 10.1 Å². The molecule has 0 aliphatic carbocycles. The van der Waals surface area contributed by atoms with Crippen LogP contribution in [0.3, 0.4) is 0 Å². The van der Waals surface area contributed by atoms with E-state index in [4.69, 9.17) is 17.0 Å². The Morgan fingerprint density at radius 2 is 2.18 bits per heavy atom. The molecule has 0 spiro atoms. The zero-order valence-electron chi connectivity index (χ0n) is 11.8. The molecule has 2 heterocycles. The number of thiocarbonyl (C=S) groups is 1. The number of aromatic nitrogens is 1. The van der Waals surface area contributed by atoms with Gasteiger partial charge in [-0.1, -0.05) is 12.1 Å². The van der Waals surface area contributed by atoms with Crippen LogP contribution in [-0.4, -0.2) is 23.1 Å². The maximum Gasteiger partial charge on any atom is 0.281 e. The third-order valence-corrected chi connectivity index (χ3v) is 3.47. The SMILES string of the molecule is COc1cccc(N2C(=O)C(=Cc3cccnc3)NC2=S)c1. The maximum atomic E-state index is 12.6. The standard InChI is InChI=1S/C16H13N3O2S/c1-21-13-6-2-5-12(9-13)19-15(20)14(18-16(19)22)8-11-4-3-7-17-10-11/h2-10H,1H3,(H,18,22). The predicted molar refractivity (Wildman–Crippen MR) is 88.4 cm³/mol. The third kappa shape index (κ3) is 2.68. The number of hydrogen-bond acceptors (Lipinski definition) is 4. The number of carbonyl (C=O) groups is 1. The van der Waals surface area contributed by atoms with Gasteiger partial charge in [0, 0.05) is 18.5 Å². The second kappa shape index (κ2) is 5.95. The van der Waals surface area contributed by atoms with Crippen LogP contribution >= 0.6 is 12.2 Å². The van der Waals surface area contributed by atoms with Crippen molar-refractivity contribution in [3.05, 3.63) is 60.1 Å². The average Bonchev–Trinajstić information content (AvgIpc) is 2.82. The van der Waals surface area contributed by atoms with Gasteiger partial charge in [0.15, 0.2) is 5.11 Å². The number of anilines is 1. The highest BCUT2D eigenvalue weighted by Gasteiger charge is 2.32. The quantitative estimate of drug-likeness (QED) is 0.696. The van der Waals surface area contributed by atoms with E-state index in [9.17, 15) is 4.79 Å². The molecule has 22 heavy (non-hydrogen) atoms. The molecule has 1 N–H and O–H groups in total. The molecule has 110 valence electrons. The Labute approximate surface area is 133 Å². The van der Waals surface area contributed by atoms with Crippen LogP contribution in [-0.2, 0) is 4.79 Å². The van der Waals surface area contributed by atoms with E-state index >= 15 is 0 Å². The highest BCUT2D eigenvalue weighted by Crippen LogP contribution is 2.25. The summed E-state index contributed by atoms with van der Waals surface area (Å²) in [5.74, 6) is 0.458. The summed E-state index contributed by atoms with van der Waals surface area (Å²) in [6, 6.07) is 10.9. The molecule has 0 atom stereocenters. The van der Waals surface area contributed by atoms with Gasteiger partial charge in [0.2, 0.25) is 0 Å². The lowest BCUT2D eigenvalue weighted by Crippen LogP contribution is -2.30. The number of rotatable bonds is 3. The van der Waals surface area contributed by atoms with E-state index in [0.29, 0.717) is 22.2 Å². The topological polar surface area (TPSA) is 54.5 Å². The molecule has 1 amide bonds. The molecule has 5 nitrogen and oxygen atoms in total. The van der Waals surface area contributed by atoms with Crippen LogP contribution in [0.25, 0.3) is 6.08 Å². The van der Waals surface area contributed by atoms with E-state index in [1.54, 1.807) is 37.7 Å². The smallest absolute Gasteiger partial charge is 0.281 e. The van der Waals surface area contributed by atoms with Crippen molar-refractivity contribution in [3.8, 4) is 5.75 Å². The number of carbonyl (C=O) groups excluding carboxylic acids is 1. The number of amides is 1. The molecule has 0 unspecified atom stereocenters. The van der Waals surface area contributed by atoms with Gasteiger partial charge in [0.1, 0.15) is 11.4 Å². The van der Waals surface area contributed by atoms with Crippen LogP contribution in [0.5, 0.6) is 5.75 Å². The van der Waals surface area contributed by atoms with Crippen molar-refractivity contribution in [1.82, 2.24) is 10.3 Å². The lowest BCUT2D eigenvalue weighted by molar-refractivity contribution is -0.113. The van der Waals surface area contributed by atoms with Crippen molar-refractivity contribution in [2.45, 2.75) is 0 Å². The van der Waals surface area contributed by atoms with Crippen molar-refractivity contribution in [3.63, 3.8) is 0 Å². The number of methoxy groups -OCH3 is 1. The molecule has 0 bridgehead atoms. The Kier molecular flexibility index (Phi) is 3.84. The molecule has 0 radical (unpaired) electrons. The van der Waals surface area contributed by atoms with Gasteiger partial charge in [-0.05, 0) is 42.1 Å². The molecule has 1 aromatic carbocycles. The fourth-order valence-electron chi connectivity index (χ4n) is 2.15. The second-order valence-electron chi connectivity index (χ2n) is 4.62. The Balaban J connectivity index is 1.93. The first-order valence-corrected chi connectivity index (χ1v) is 7.01. The van der Waals surface area contributed by atoms with E-state index in [0.717, 1.165) is 5.56 Å². The lowest BCUT2D eigenvalue weighted by Gasteiger charge is -2.14. The number of nitrogens with one attached hydrogen (secondary N) is 1. The zero-order chi connectivity index (χ0) is 15.5. The summed E-state index contributed by atoms with van der Waals surface area (Å²) in [6.07, 6.45) is 5.08. The fourth-order valence-corrected chi connectivity index (χ4v) is 2.45. The van der Waals surface area contributed by atoms with E-state index in [1.165, 1.54) is 4.90 Å². The van der Waals surface area contributed by atoms with Crippen LogP contribution in [0.1, 0.15) is 5.56 Å². The summed E-state index contributed by atoms with van der Waals surface area (Å²) < 4.78 is 5.18. The summed E-state index contributed by atoms with van der Waals surface area (Å²) in [5, 5.41) is 3.28. The maximum absolute atomic E-state index is 12.6. The van der Waals surface area contributed by atoms with Crippen molar-refractivity contribution in [2.75, 3.05) is 12.0 Å². The number of pyridine rings is 1. The van der Waals surface area contributed by atoms with E-state index in [-0.39, 0.29) is 5.91 Å². The summed E-state index contributed by atoms with van der Waals surface area (Å²) in [4.78, 5) is 18.0.